The highest BCUT2D eigenvalue weighted by atomic mass is 19.1. The molecule has 0 aliphatic heterocycles. The molecule has 0 atom stereocenters. The molecule has 0 N–H and O–H groups in total. The van der Waals surface area contributed by atoms with E-state index in [4.69, 9.17) is 0 Å². The molecule has 0 saturated carbocycles. The number of benzene rings is 3. The maximum absolute atomic E-state index is 13.9. The predicted molar refractivity (Wildman–Crippen MR) is 119 cm³/mol. The van der Waals surface area contributed by atoms with Crippen LogP contribution in [0.3, 0.4) is 0 Å². The van der Waals surface area contributed by atoms with Crippen LogP contribution in [-0.4, -0.2) is 21.1 Å². The first-order valence-electron chi connectivity index (χ1n) is 9.47. The van der Waals surface area contributed by atoms with E-state index in [0.717, 1.165) is 17.8 Å². The Morgan fingerprint density at radius 2 is 1.39 bits per heavy atom. The Morgan fingerprint density at radius 3 is 1.96 bits per heavy atom. The third-order valence-electron chi connectivity index (χ3n) is 4.80. The lowest BCUT2D eigenvalue weighted by Crippen LogP contribution is -2.16. The van der Waals surface area contributed by atoms with Crippen molar-refractivity contribution in [1.82, 2.24) is 0 Å². The standard InChI is InChI=1S/C25H27FN2/c1-5-6-20-15-23(26)17-25(16-20)28(4)18-19-7-9-21(10-8-19)22-11-13-24(14-12-22)27(2)3/h5-17H,18H2,1-4H3/b6-5+. The van der Waals surface area contributed by atoms with Gasteiger partial charge in [0.2, 0.25) is 0 Å². The largest absolute Gasteiger partial charge is 0.378 e. The summed E-state index contributed by atoms with van der Waals surface area (Å²) < 4.78 is 13.9. The molecule has 3 aromatic carbocycles. The van der Waals surface area contributed by atoms with Gasteiger partial charge in [-0.3, -0.25) is 0 Å². The molecule has 3 heteroatoms. The lowest BCUT2D eigenvalue weighted by Gasteiger charge is -2.20. The fraction of sp³-hybridized carbons (Fsp3) is 0.200. The summed E-state index contributed by atoms with van der Waals surface area (Å²) in [5, 5.41) is 0. The van der Waals surface area contributed by atoms with E-state index in [1.807, 2.05) is 46.3 Å². The first kappa shape index (κ1) is 19.7. The van der Waals surface area contributed by atoms with Crippen LogP contribution in [0.4, 0.5) is 15.8 Å². The summed E-state index contributed by atoms with van der Waals surface area (Å²) in [5.74, 6) is -0.214. The van der Waals surface area contributed by atoms with Crippen molar-refractivity contribution in [2.45, 2.75) is 13.5 Å². The normalized spacial score (nSPS) is 11.0. The second kappa shape index (κ2) is 8.75. The molecular formula is C25H27FN2. The lowest BCUT2D eigenvalue weighted by atomic mass is 10.0. The number of anilines is 2. The molecule has 0 aliphatic rings. The molecule has 0 spiro atoms. The van der Waals surface area contributed by atoms with Gasteiger partial charge in [0.25, 0.3) is 0 Å². The molecule has 0 fully saturated rings. The highest BCUT2D eigenvalue weighted by Crippen LogP contribution is 2.24. The Morgan fingerprint density at radius 1 is 0.786 bits per heavy atom. The van der Waals surface area contributed by atoms with E-state index in [1.165, 1.54) is 22.4 Å². The number of nitrogens with zero attached hydrogens (tertiary/aromatic N) is 2. The molecule has 0 heterocycles. The first-order chi connectivity index (χ1) is 13.5. The van der Waals surface area contributed by atoms with Crippen molar-refractivity contribution in [3.05, 3.63) is 89.8 Å². The predicted octanol–water partition coefficient (Wildman–Crippen LogP) is 6.23. The van der Waals surface area contributed by atoms with E-state index in [0.29, 0.717) is 0 Å². The molecule has 0 bridgehead atoms. The van der Waals surface area contributed by atoms with Crippen LogP contribution >= 0.6 is 0 Å². The average molecular weight is 375 g/mol. The zero-order valence-electron chi connectivity index (χ0n) is 17.0. The summed E-state index contributed by atoms with van der Waals surface area (Å²) in [7, 11) is 6.07. The summed E-state index contributed by atoms with van der Waals surface area (Å²) in [5.41, 5.74) is 6.52. The monoisotopic (exact) mass is 374 g/mol. The number of hydrogen-bond donors (Lipinski definition) is 0. The summed E-state index contributed by atoms with van der Waals surface area (Å²) in [6.45, 7) is 2.66. The van der Waals surface area contributed by atoms with Crippen LogP contribution in [0.1, 0.15) is 18.1 Å². The summed E-state index contributed by atoms with van der Waals surface area (Å²) in [6, 6.07) is 22.2. The van der Waals surface area contributed by atoms with Gasteiger partial charge in [0.1, 0.15) is 5.82 Å². The van der Waals surface area contributed by atoms with Crippen molar-refractivity contribution in [1.29, 1.82) is 0 Å². The van der Waals surface area contributed by atoms with Gasteiger partial charge in [0.05, 0.1) is 0 Å². The number of halogens is 1. The molecule has 0 saturated heterocycles. The molecule has 3 aromatic rings. The Bertz CT molecular complexity index is 941. The number of allylic oxidation sites excluding steroid dienone is 1. The van der Waals surface area contributed by atoms with Gasteiger partial charge < -0.3 is 9.80 Å². The molecule has 3 rings (SSSR count). The highest BCUT2D eigenvalue weighted by Gasteiger charge is 2.06. The second-order valence-electron chi connectivity index (χ2n) is 7.24. The van der Waals surface area contributed by atoms with E-state index in [-0.39, 0.29) is 5.82 Å². The molecule has 0 aliphatic carbocycles. The minimum Gasteiger partial charge on any atom is -0.378 e. The van der Waals surface area contributed by atoms with Gasteiger partial charge >= 0.3 is 0 Å². The zero-order chi connectivity index (χ0) is 20.1. The molecule has 0 aromatic heterocycles. The highest BCUT2D eigenvalue weighted by molar-refractivity contribution is 5.66. The van der Waals surface area contributed by atoms with Crippen molar-refractivity contribution in [2.24, 2.45) is 0 Å². The number of rotatable bonds is 6. The van der Waals surface area contributed by atoms with E-state index < -0.39 is 0 Å². The molecule has 0 radical (unpaired) electrons. The summed E-state index contributed by atoms with van der Waals surface area (Å²) in [4.78, 5) is 4.16. The smallest absolute Gasteiger partial charge is 0.125 e. The van der Waals surface area contributed by atoms with E-state index in [2.05, 4.69) is 58.3 Å². The van der Waals surface area contributed by atoms with E-state index in [1.54, 1.807) is 12.1 Å². The van der Waals surface area contributed by atoms with Crippen LogP contribution in [0.25, 0.3) is 17.2 Å². The van der Waals surface area contributed by atoms with Crippen molar-refractivity contribution in [3.8, 4) is 11.1 Å². The molecule has 0 unspecified atom stereocenters. The van der Waals surface area contributed by atoms with Gasteiger partial charge in [-0.1, -0.05) is 48.6 Å². The SMILES string of the molecule is C/C=C/c1cc(F)cc(N(C)Cc2ccc(-c3ccc(N(C)C)cc3)cc2)c1. The van der Waals surface area contributed by atoms with Crippen molar-refractivity contribution in [3.63, 3.8) is 0 Å². The zero-order valence-corrected chi connectivity index (χ0v) is 17.0. The van der Waals surface area contributed by atoms with E-state index >= 15 is 0 Å². The van der Waals surface area contributed by atoms with Crippen LogP contribution in [0.5, 0.6) is 0 Å². The summed E-state index contributed by atoms with van der Waals surface area (Å²) >= 11 is 0. The third-order valence-corrected chi connectivity index (χ3v) is 4.80. The summed E-state index contributed by atoms with van der Waals surface area (Å²) in [6.07, 6.45) is 3.83. The minimum absolute atomic E-state index is 0.214. The Labute approximate surface area is 167 Å². The van der Waals surface area contributed by atoms with Gasteiger partial charge in [-0.05, 0) is 59.5 Å². The molecule has 2 nitrogen and oxygen atoms in total. The Balaban J connectivity index is 1.73. The average Bonchev–Trinajstić information content (AvgIpc) is 2.68. The molecule has 28 heavy (non-hydrogen) atoms. The molecular weight excluding hydrogens is 347 g/mol. The van der Waals surface area contributed by atoms with Crippen molar-refractivity contribution < 1.29 is 4.39 Å². The maximum Gasteiger partial charge on any atom is 0.125 e. The molecule has 144 valence electrons. The van der Waals surface area contributed by atoms with Gasteiger partial charge in [-0.15, -0.1) is 0 Å². The minimum atomic E-state index is -0.214. The topological polar surface area (TPSA) is 6.48 Å². The fourth-order valence-corrected chi connectivity index (χ4v) is 3.23. The van der Waals surface area contributed by atoms with Crippen molar-refractivity contribution >= 4 is 17.5 Å². The van der Waals surface area contributed by atoms with Crippen LogP contribution < -0.4 is 9.80 Å². The quantitative estimate of drug-likeness (QED) is 0.505. The maximum atomic E-state index is 13.9. The van der Waals surface area contributed by atoms with Gasteiger partial charge in [0, 0.05) is 39.1 Å². The fourth-order valence-electron chi connectivity index (χ4n) is 3.23. The van der Waals surface area contributed by atoms with Crippen LogP contribution in [0, 0.1) is 5.82 Å². The third kappa shape index (κ3) is 4.80. The van der Waals surface area contributed by atoms with Crippen LogP contribution in [-0.2, 0) is 6.54 Å². The first-order valence-corrected chi connectivity index (χ1v) is 9.47. The van der Waals surface area contributed by atoms with Gasteiger partial charge in [-0.2, -0.15) is 0 Å². The van der Waals surface area contributed by atoms with Crippen molar-refractivity contribution in [2.75, 3.05) is 30.9 Å². The molecule has 0 amide bonds. The number of hydrogen-bond acceptors (Lipinski definition) is 2. The Kier molecular flexibility index (Phi) is 6.15. The van der Waals surface area contributed by atoms with Crippen LogP contribution in [0.2, 0.25) is 0 Å². The lowest BCUT2D eigenvalue weighted by molar-refractivity contribution is 0.627. The van der Waals surface area contributed by atoms with Crippen LogP contribution in [0.15, 0.2) is 72.8 Å². The second-order valence-corrected chi connectivity index (χ2v) is 7.24. The van der Waals surface area contributed by atoms with Gasteiger partial charge in [-0.25, -0.2) is 4.39 Å². The Hall–Kier alpha value is -3.07. The van der Waals surface area contributed by atoms with E-state index in [9.17, 15) is 4.39 Å². The van der Waals surface area contributed by atoms with Gasteiger partial charge in [0.15, 0.2) is 0 Å².